The van der Waals surface area contributed by atoms with Gasteiger partial charge in [0.1, 0.15) is 17.3 Å². The second-order valence-corrected chi connectivity index (χ2v) is 4.68. The number of phenols is 2. The molecule has 0 bridgehead atoms. The highest BCUT2D eigenvalue weighted by Gasteiger charge is 2.16. The van der Waals surface area contributed by atoms with Crippen molar-refractivity contribution < 1.29 is 15.0 Å². The highest BCUT2D eigenvalue weighted by molar-refractivity contribution is 6.12. The zero-order valence-corrected chi connectivity index (χ0v) is 12.3. The molecule has 1 heterocycles. The first kappa shape index (κ1) is 16.6. The fraction of sp³-hybridized carbons (Fsp3) is 0.0667. The minimum atomic E-state index is -0.749. The van der Waals surface area contributed by atoms with Crippen molar-refractivity contribution >= 4 is 17.5 Å². The zero-order valence-electron chi connectivity index (χ0n) is 12.3. The van der Waals surface area contributed by atoms with Gasteiger partial charge in [-0.25, -0.2) is 4.68 Å². The summed E-state index contributed by atoms with van der Waals surface area (Å²) in [6.07, 6.45) is 1.10. The lowest BCUT2D eigenvalue weighted by Crippen LogP contribution is -2.21. The Balaban J connectivity index is 2.50. The van der Waals surface area contributed by atoms with E-state index in [1.165, 1.54) is 13.1 Å². The first-order valence-electron chi connectivity index (χ1n) is 6.47. The molecule has 0 fully saturated rings. The molecule has 9 nitrogen and oxygen atoms in total. The fourth-order valence-electron chi connectivity index (χ4n) is 1.85. The van der Waals surface area contributed by atoms with Crippen LogP contribution in [-0.2, 0) is 7.05 Å². The average Bonchev–Trinajstić information content (AvgIpc) is 2.57. The molecule has 0 aliphatic rings. The van der Waals surface area contributed by atoms with Crippen molar-refractivity contribution in [2.75, 3.05) is 0 Å². The van der Waals surface area contributed by atoms with Crippen molar-refractivity contribution in [2.24, 2.45) is 12.2 Å². The molecule has 1 aromatic carbocycles. The van der Waals surface area contributed by atoms with Gasteiger partial charge in [-0.05, 0) is 35.0 Å². The Bertz CT molecular complexity index is 969. The first-order valence-corrected chi connectivity index (χ1v) is 6.47. The summed E-state index contributed by atoms with van der Waals surface area (Å²) in [4.78, 5) is 34.2. The van der Waals surface area contributed by atoms with Crippen LogP contribution in [0.3, 0.4) is 0 Å². The van der Waals surface area contributed by atoms with Crippen molar-refractivity contribution in [1.29, 1.82) is 5.26 Å². The maximum absolute atomic E-state index is 12.3. The third kappa shape index (κ3) is 3.17. The van der Waals surface area contributed by atoms with Crippen LogP contribution in [0.4, 0.5) is 5.69 Å². The monoisotopic (exact) mass is 326 g/mol. The Kier molecular flexibility index (Phi) is 4.51. The molecule has 1 aromatic heterocycles. The Morgan fingerprint density at radius 3 is 2.67 bits per heavy atom. The number of hydrogen-bond acceptors (Lipinski definition) is 8. The predicted octanol–water partition coefficient (Wildman–Crippen LogP) is 1.38. The van der Waals surface area contributed by atoms with E-state index >= 15 is 0 Å². The van der Waals surface area contributed by atoms with Crippen LogP contribution in [0.25, 0.3) is 6.08 Å². The van der Waals surface area contributed by atoms with E-state index in [1.807, 2.05) is 0 Å². The van der Waals surface area contributed by atoms with E-state index in [0.29, 0.717) is 0 Å². The van der Waals surface area contributed by atoms with Gasteiger partial charge in [-0.3, -0.25) is 9.59 Å². The van der Waals surface area contributed by atoms with Crippen molar-refractivity contribution in [3.05, 3.63) is 56.4 Å². The largest absolute Gasteiger partial charge is 0.504 e. The minimum Gasteiger partial charge on any atom is -0.504 e. The zero-order chi connectivity index (χ0) is 17.9. The fourth-order valence-corrected chi connectivity index (χ4v) is 1.85. The predicted molar refractivity (Wildman–Crippen MR) is 82.6 cm³/mol. The second kappa shape index (κ2) is 6.53. The topological polar surface area (TPSA) is 146 Å². The maximum atomic E-state index is 12.3. The number of nitrogens with zero attached hydrogens (tertiary/aromatic N) is 4. The Hall–Kier alpha value is -3.80. The van der Waals surface area contributed by atoms with Crippen LogP contribution in [0.5, 0.6) is 11.5 Å². The van der Waals surface area contributed by atoms with Crippen molar-refractivity contribution in [3.63, 3.8) is 0 Å². The summed E-state index contributed by atoms with van der Waals surface area (Å²) in [5.74, 6) is -2.07. The number of phenolic OH excluding ortho intramolecular Hbond substituents is 2. The molecule has 120 valence electrons. The Labute approximate surface area is 134 Å². The van der Waals surface area contributed by atoms with E-state index in [4.69, 9.17) is 5.26 Å². The van der Waals surface area contributed by atoms with Gasteiger partial charge in [-0.15, -0.1) is 4.91 Å². The lowest BCUT2D eigenvalue weighted by Gasteiger charge is -2.03. The molecule has 9 heteroatoms. The Morgan fingerprint density at radius 2 is 2.08 bits per heavy atom. The quantitative estimate of drug-likeness (QED) is 0.284. The number of aryl methyl sites for hydroxylation is 1. The first-order chi connectivity index (χ1) is 11.4. The standard InChI is InChI=1S/C15H10N4O5/c1-19-13(21)3-2-10(17-19)14(22)9(7-16)4-8-5-11(18-24)15(23)12(20)6-8/h2-6,20,23H,1H3/b9-4+. The number of nitriles is 1. The number of rotatable bonds is 4. The molecule has 0 atom stereocenters. The van der Waals surface area contributed by atoms with Gasteiger partial charge in [0.15, 0.2) is 17.2 Å². The number of carbonyl (C=O) groups is 1. The van der Waals surface area contributed by atoms with Crippen LogP contribution in [0.15, 0.2) is 39.8 Å². The molecule has 2 N–H and O–H groups in total. The summed E-state index contributed by atoms with van der Waals surface area (Å²) in [5.41, 5.74) is -1.22. The van der Waals surface area contributed by atoms with Gasteiger partial charge < -0.3 is 10.2 Å². The van der Waals surface area contributed by atoms with Crippen LogP contribution in [0.2, 0.25) is 0 Å². The molecular formula is C15H10N4O5. The molecule has 0 spiro atoms. The molecule has 0 radical (unpaired) electrons. The van der Waals surface area contributed by atoms with Crippen molar-refractivity contribution in [3.8, 4) is 17.6 Å². The van der Waals surface area contributed by atoms with E-state index in [1.54, 1.807) is 6.07 Å². The maximum Gasteiger partial charge on any atom is 0.266 e. The molecule has 0 aliphatic heterocycles. The van der Waals surface area contributed by atoms with Gasteiger partial charge in [0.05, 0.1) is 0 Å². The number of ketones is 1. The van der Waals surface area contributed by atoms with E-state index in [2.05, 4.69) is 10.3 Å². The molecule has 0 aliphatic carbocycles. The average molecular weight is 326 g/mol. The van der Waals surface area contributed by atoms with E-state index < -0.39 is 28.5 Å². The van der Waals surface area contributed by atoms with Crippen LogP contribution in [-0.4, -0.2) is 25.8 Å². The second-order valence-electron chi connectivity index (χ2n) is 4.68. The van der Waals surface area contributed by atoms with Gasteiger partial charge in [-0.2, -0.15) is 10.4 Å². The summed E-state index contributed by atoms with van der Waals surface area (Å²) in [6.45, 7) is 0. The molecule has 0 saturated heterocycles. The third-order valence-electron chi connectivity index (χ3n) is 3.06. The van der Waals surface area contributed by atoms with E-state index in [9.17, 15) is 24.7 Å². The summed E-state index contributed by atoms with van der Waals surface area (Å²) in [6, 6.07) is 6.16. The smallest absolute Gasteiger partial charge is 0.266 e. The van der Waals surface area contributed by atoms with Crippen molar-refractivity contribution in [1.82, 2.24) is 9.78 Å². The number of aromatic nitrogens is 2. The highest BCUT2D eigenvalue weighted by Crippen LogP contribution is 2.37. The minimum absolute atomic E-state index is 0.106. The molecule has 0 amide bonds. The van der Waals surface area contributed by atoms with Gasteiger partial charge >= 0.3 is 0 Å². The number of carbonyl (C=O) groups excluding carboxylic acids is 1. The summed E-state index contributed by atoms with van der Waals surface area (Å²) >= 11 is 0. The lowest BCUT2D eigenvalue weighted by atomic mass is 10.0. The van der Waals surface area contributed by atoms with Gasteiger partial charge in [0.2, 0.25) is 5.78 Å². The number of aromatic hydroxyl groups is 2. The third-order valence-corrected chi connectivity index (χ3v) is 3.06. The molecule has 2 aromatic rings. The van der Waals surface area contributed by atoms with Crippen LogP contribution in [0.1, 0.15) is 16.1 Å². The van der Waals surface area contributed by atoms with Gasteiger partial charge in [0.25, 0.3) is 5.56 Å². The molecule has 0 saturated carbocycles. The molecular weight excluding hydrogens is 316 g/mol. The van der Waals surface area contributed by atoms with Crippen molar-refractivity contribution in [2.45, 2.75) is 0 Å². The van der Waals surface area contributed by atoms with Gasteiger partial charge in [-0.1, -0.05) is 0 Å². The van der Waals surface area contributed by atoms with E-state index in [0.717, 1.165) is 29.0 Å². The van der Waals surface area contributed by atoms with Crippen LogP contribution >= 0.6 is 0 Å². The lowest BCUT2D eigenvalue weighted by molar-refractivity contribution is 0.103. The number of nitroso groups, excluding NO2 is 1. The van der Waals surface area contributed by atoms with E-state index in [-0.39, 0.29) is 16.8 Å². The van der Waals surface area contributed by atoms with Crippen LogP contribution in [0, 0.1) is 16.2 Å². The molecule has 2 rings (SSSR count). The number of Topliss-reactive ketones (excluding diaryl/α,β-unsaturated/α-hetero) is 1. The normalized spacial score (nSPS) is 10.9. The highest BCUT2D eigenvalue weighted by atomic mass is 16.3. The molecule has 24 heavy (non-hydrogen) atoms. The summed E-state index contributed by atoms with van der Waals surface area (Å²) in [5, 5.41) is 34.4. The molecule has 0 unspecified atom stereocenters. The van der Waals surface area contributed by atoms with Gasteiger partial charge in [0, 0.05) is 13.1 Å². The summed E-state index contributed by atoms with van der Waals surface area (Å²) < 4.78 is 0.947. The SMILES string of the molecule is Cn1nc(C(=O)/C(C#N)=C/c2cc(O)c(O)c(N=O)c2)ccc1=O. The Morgan fingerprint density at radius 1 is 1.38 bits per heavy atom. The summed E-state index contributed by atoms with van der Waals surface area (Å²) in [7, 11) is 1.36. The number of hydrogen-bond donors (Lipinski definition) is 2. The number of benzene rings is 1. The van der Waals surface area contributed by atoms with Crippen LogP contribution < -0.4 is 5.56 Å². The number of allylic oxidation sites excluding steroid dienone is 1.